The molecule has 0 heterocycles. The highest BCUT2D eigenvalue weighted by Gasteiger charge is 2.38. The molecule has 0 saturated carbocycles. The third-order valence-electron chi connectivity index (χ3n) is 5.28. The van der Waals surface area contributed by atoms with Crippen molar-refractivity contribution in [1.29, 1.82) is 0 Å². The molecule has 1 aliphatic rings. The van der Waals surface area contributed by atoms with E-state index in [9.17, 15) is 9.18 Å². The van der Waals surface area contributed by atoms with Crippen molar-refractivity contribution in [1.82, 2.24) is 0 Å². The van der Waals surface area contributed by atoms with Crippen LogP contribution in [0.1, 0.15) is 77.5 Å². The van der Waals surface area contributed by atoms with Crippen LogP contribution in [0.15, 0.2) is 18.0 Å². The Labute approximate surface area is 145 Å². The zero-order valence-corrected chi connectivity index (χ0v) is 15.8. The van der Waals surface area contributed by atoms with Crippen LogP contribution in [0.25, 0.3) is 5.57 Å². The SMILES string of the molecule is CCCOc1cc2c(cc1C(C)=C(F)C=O)C(C)(C)CCC2(C)C. The van der Waals surface area contributed by atoms with Crippen LogP contribution < -0.4 is 4.74 Å². The van der Waals surface area contributed by atoms with Gasteiger partial charge in [0, 0.05) is 5.56 Å². The third-order valence-corrected chi connectivity index (χ3v) is 5.28. The van der Waals surface area contributed by atoms with Crippen molar-refractivity contribution in [2.75, 3.05) is 6.61 Å². The minimum absolute atomic E-state index is 0.0286. The van der Waals surface area contributed by atoms with Crippen LogP contribution >= 0.6 is 0 Å². The number of carbonyl (C=O) groups excluding carboxylic acids is 1. The molecule has 132 valence electrons. The molecule has 3 heteroatoms. The Kier molecular flexibility index (Phi) is 5.22. The second-order valence-corrected chi connectivity index (χ2v) is 8.10. The number of halogens is 1. The van der Waals surface area contributed by atoms with Crippen LogP contribution in [0.3, 0.4) is 0 Å². The van der Waals surface area contributed by atoms with Gasteiger partial charge in [0.25, 0.3) is 0 Å². The van der Waals surface area contributed by atoms with Gasteiger partial charge >= 0.3 is 0 Å². The van der Waals surface area contributed by atoms with Crippen LogP contribution in [0.2, 0.25) is 0 Å². The molecule has 0 unspecified atom stereocenters. The average Bonchev–Trinajstić information content (AvgIpc) is 2.55. The van der Waals surface area contributed by atoms with E-state index in [-0.39, 0.29) is 17.1 Å². The zero-order chi connectivity index (χ0) is 18.1. The lowest BCUT2D eigenvalue weighted by molar-refractivity contribution is -0.106. The fraction of sp³-hybridized carbons (Fsp3) is 0.571. The van der Waals surface area contributed by atoms with Gasteiger partial charge in [0.1, 0.15) is 5.75 Å². The van der Waals surface area contributed by atoms with E-state index < -0.39 is 5.83 Å². The molecule has 1 aromatic carbocycles. The summed E-state index contributed by atoms with van der Waals surface area (Å²) in [6.07, 6.45) is 3.34. The van der Waals surface area contributed by atoms with Crippen molar-refractivity contribution in [2.45, 2.75) is 71.6 Å². The van der Waals surface area contributed by atoms with E-state index in [0.717, 1.165) is 19.3 Å². The lowest BCUT2D eigenvalue weighted by Crippen LogP contribution is -2.34. The highest BCUT2D eigenvalue weighted by atomic mass is 19.1. The molecule has 1 aliphatic carbocycles. The normalized spacial score (nSPS) is 19.3. The third kappa shape index (κ3) is 3.40. The Morgan fingerprint density at radius 1 is 1.17 bits per heavy atom. The fourth-order valence-electron chi connectivity index (χ4n) is 3.44. The van der Waals surface area contributed by atoms with Crippen LogP contribution in [0, 0.1) is 0 Å². The summed E-state index contributed by atoms with van der Waals surface area (Å²) in [4.78, 5) is 10.9. The van der Waals surface area contributed by atoms with Gasteiger partial charge in [-0.3, -0.25) is 4.79 Å². The molecule has 0 aromatic heterocycles. The molecule has 0 atom stereocenters. The first kappa shape index (κ1) is 18.7. The van der Waals surface area contributed by atoms with E-state index in [1.165, 1.54) is 11.1 Å². The molecule has 0 spiro atoms. The molecule has 2 nitrogen and oxygen atoms in total. The first-order valence-electron chi connectivity index (χ1n) is 8.78. The van der Waals surface area contributed by atoms with Crippen LogP contribution in [0.4, 0.5) is 4.39 Å². The monoisotopic (exact) mass is 332 g/mol. The van der Waals surface area contributed by atoms with Gasteiger partial charge in [-0.05, 0) is 65.8 Å². The van der Waals surface area contributed by atoms with E-state index in [4.69, 9.17) is 4.74 Å². The molecule has 0 radical (unpaired) electrons. The average molecular weight is 332 g/mol. The summed E-state index contributed by atoms with van der Waals surface area (Å²) < 4.78 is 19.9. The van der Waals surface area contributed by atoms with E-state index in [2.05, 4.69) is 33.8 Å². The largest absolute Gasteiger partial charge is 0.493 e. The molecule has 0 saturated heterocycles. The summed E-state index contributed by atoms with van der Waals surface area (Å²) in [5.41, 5.74) is 3.63. The number of hydrogen-bond acceptors (Lipinski definition) is 2. The van der Waals surface area contributed by atoms with Crippen molar-refractivity contribution in [3.05, 3.63) is 34.6 Å². The van der Waals surface area contributed by atoms with Crippen LogP contribution in [0.5, 0.6) is 5.75 Å². The molecule has 2 rings (SSSR count). The summed E-state index contributed by atoms with van der Waals surface area (Å²) in [7, 11) is 0. The number of benzene rings is 1. The Morgan fingerprint density at radius 2 is 1.71 bits per heavy atom. The van der Waals surface area contributed by atoms with Crippen LogP contribution in [-0.4, -0.2) is 12.9 Å². The van der Waals surface area contributed by atoms with Gasteiger partial charge in [-0.2, -0.15) is 0 Å². The Morgan fingerprint density at radius 3 is 2.21 bits per heavy atom. The predicted octanol–water partition coefficient (Wildman–Crippen LogP) is 5.72. The van der Waals surface area contributed by atoms with Gasteiger partial charge in [0.05, 0.1) is 6.61 Å². The summed E-state index contributed by atoms with van der Waals surface area (Å²) in [6, 6.07) is 4.11. The van der Waals surface area contributed by atoms with Gasteiger partial charge in [0.15, 0.2) is 12.1 Å². The van der Waals surface area contributed by atoms with Crippen LogP contribution in [-0.2, 0) is 15.6 Å². The molecule has 0 N–H and O–H groups in total. The van der Waals surface area contributed by atoms with Gasteiger partial charge in [-0.15, -0.1) is 0 Å². The standard InChI is InChI=1S/C21H29FO2/c1-7-10-24-19-12-17-16(11-15(19)14(2)18(22)13-23)20(3,4)8-9-21(17,5)6/h11-13H,7-10H2,1-6H3. The fourth-order valence-corrected chi connectivity index (χ4v) is 3.44. The molecule has 0 aliphatic heterocycles. The summed E-state index contributed by atoms with van der Waals surface area (Å²) in [5, 5.41) is 0. The van der Waals surface area contributed by atoms with E-state index in [0.29, 0.717) is 23.5 Å². The second-order valence-electron chi connectivity index (χ2n) is 8.10. The van der Waals surface area contributed by atoms with Gasteiger partial charge in [0.2, 0.25) is 0 Å². The topological polar surface area (TPSA) is 26.3 Å². The quantitative estimate of drug-likeness (QED) is 0.509. The predicted molar refractivity (Wildman–Crippen MR) is 97.3 cm³/mol. The number of carbonyl (C=O) groups is 1. The summed E-state index contributed by atoms with van der Waals surface area (Å²) in [5.74, 6) is -0.0555. The second kappa shape index (κ2) is 6.70. The molecule has 0 fully saturated rings. The summed E-state index contributed by atoms with van der Waals surface area (Å²) >= 11 is 0. The lowest BCUT2D eigenvalue weighted by atomic mass is 9.62. The minimum atomic E-state index is -0.732. The van der Waals surface area contributed by atoms with Crippen molar-refractivity contribution in [2.24, 2.45) is 0 Å². The number of ether oxygens (including phenoxy) is 1. The number of aldehydes is 1. The van der Waals surface area contributed by atoms with E-state index in [1.807, 2.05) is 13.0 Å². The van der Waals surface area contributed by atoms with Crippen molar-refractivity contribution < 1.29 is 13.9 Å². The van der Waals surface area contributed by atoms with E-state index >= 15 is 0 Å². The first-order valence-corrected chi connectivity index (χ1v) is 8.78. The van der Waals surface area contributed by atoms with Crippen molar-refractivity contribution in [3.63, 3.8) is 0 Å². The maximum Gasteiger partial charge on any atom is 0.178 e. The first-order chi connectivity index (χ1) is 11.1. The number of hydrogen-bond donors (Lipinski definition) is 0. The molecule has 0 bridgehead atoms. The Bertz CT molecular complexity index is 669. The molecule has 0 amide bonds. The van der Waals surface area contributed by atoms with Gasteiger partial charge < -0.3 is 4.74 Å². The molecule has 24 heavy (non-hydrogen) atoms. The minimum Gasteiger partial charge on any atom is -0.493 e. The molecular formula is C21H29FO2. The van der Waals surface area contributed by atoms with Gasteiger partial charge in [-0.25, -0.2) is 4.39 Å². The number of allylic oxidation sites excluding steroid dienone is 2. The molecule has 1 aromatic rings. The maximum atomic E-state index is 13.9. The smallest absolute Gasteiger partial charge is 0.178 e. The zero-order valence-electron chi connectivity index (χ0n) is 15.8. The highest BCUT2D eigenvalue weighted by molar-refractivity contribution is 5.86. The number of rotatable bonds is 5. The van der Waals surface area contributed by atoms with Gasteiger partial charge in [-0.1, -0.05) is 34.6 Å². The van der Waals surface area contributed by atoms with Crippen molar-refractivity contribution >= 4 is 11.9 Å². The Hall–Kier alpha value is -1.64. The number of fused-ring (bicyclic) bond motifs is 1. The molecular weight excluding hydrogens is 303 g/mol. The summed E-state index contributed by atoms with van der Waals surface area (Å²) in [6.45, 7) is 13.2. The maximum absolute atomic E-state index is 13.9. The van der Waals surface area contributed by atoms with E-state index in [1.54, 1.807) is 6.92 Å². The Balaban J connectivity index is 2.73. The lowest BCUT2D eigenvalue weighted by Gasteiger charge is -2.42. The van der Waals surface area contributed by atoms with Crippen molar-refractivity contribution in [3.8, 4) is 5.75 Å². The highest BCUT2D eigenvalue weighted by Crippen LogP contribution is 2.48.